The molecule has 0 unspecified atom stereocenters. The van der Waals surface area contributed by atoms with Crippen LogP contribution in [0.15, 0.2) is 24.7 Å². The van der Waals surface area contributed by atoms with E-state index in [2.05, 4.69) is 20.3 Å². The van der Waals surface area contributed by atoms with Crippen molar-refractivity contribution in [2.45, 2.75) is 13.8 Å². The minimum atomic E-state index is 0.273. The Balaban J connectivity index is 2.42. The van der Waals surface area contributed by atoms with Crippen LogP contribution in [0.3, 0.4) is 0 Å². The predicted molar refractivity (Wildman–Crippen MR) is 63.7 cm³/mol. The Hall–Kier alpha value is -2.48. The number of pyridine rings is 1. The van der Waals surface area contributed by atoms with Crippen molar-refractivity contribution in [3.63, 3.8) is 0 Å². The lowest BCUT2D eigenvalue weighted by atomic mass is 10.2. The van der Waals surface area contributed by atoms with E-state index in [0.29, 0.717) is 5.82 Å². The van der Waals surface area contributed by atoms with E-state index < -0.39 is 0 Å². The van der Waals surface area contributed by atoms with E-state index in [4.69, 9.17) is 5.26 Å². The van der Waals surface area contributed by atoms with Crippen LogP contribution in [0.5, 0.6) is 0 Å². The van der Waals surface area contributed by atoms with Gasteiger partial charge in [-0.2, -0.15) is 5.26 Å². The molecule has 0 bridgehead atoms. The van der Waals surface area contributed by atoms with Gasteiger partial charge in [0.25, 0.3) is 0 Å². The maximum absolute atomic E-state index is 8.93. The zero-order valence-electron chi connectivity index (χ0n) is 9.60. The summed E-state index contributed by atoms with van der Waals surface area (Å²) in [7, 11) is 0. The van der Waals surface area contributed by atoms with Gasteiger partial charge >= 0.3 is 0 Å². The lowest BCUT2D eigenvalue weighted by Crippen LogP contribution is -2.02. The highest BCUT2D eigenvalue weighted by Crippen LogP contribution is 2.22. The van der Waals surface area contributed by atoms with Gasteiger partial charge in [0.1, 0.15) is 6.07 Å². The molecule has 0 aromatic carbocycles. The van der Waals surface area contributed by atoms with E-state index in [1.807, 2.05) is 26.0 Å². The van der Waals surface area contributed by atoms with Gasteiger partial charge in [0.2, 0.25) is 0 Å². The van der Waals surface area contributed by atoms with Crippen molar-refractivity contribution in [2.24, 2.45) is 0 Å². The second kappa shape index (κ2) is 4.58. The lowest BCUT2D eigenvalue weighted by molar-refractivity contribution is 1.13. The van der Waals surface area contributed by atoms with Crippen LogP contribution in [0.2, 0.25) is 0 Å². The summed E-state index contributed by atoms with van der Waals surface area (Å²) in [5, 5.41) is 12.0. The van der Waals surface area contributed by atoms with Crippen LogP contribution >= 0.6 is 0 Å². The first-order valence-corrected chi connectivity index (χ1v) is 5.12. The molecule has 2 rings (SSSR count). The molecule has 2 aromatic heterocycles. The fourth-order valence-corrected chi connectivity index (χ4v) is 1.51. The standard InChI is InChI=1S/C12H11N5/c1-8-3-4-14-9(2)11(8)17-12-10(7-13)15-5-6-16-12/h3-6H,1-2H3,(H,16,17). The largest absolute Gasteiger partial charge is 0.336 e. The van der Waals surface area contributed by atoms with Crippen LogP contribution in [0.4, 0.5) is 11.5 Å². The molecule has 0 spiro atoms. The number of aryl methyl sites for hydroxylation is 2. The summed E-state index contributed by atoms with van der Waals surface area (Å²) in [5.74, 6) is 0.453. The third kappa shape index (κ3) is 2.21. The monoisotopic (exact) mass is 225 g/mol. The highest BCUT2D eigenvalue weighted by atomic mass is 15.0. The minimum absolute atomic E-state index is 0.273. The average molecular weight is 225 g/mol. The second-order valence-corrected chi connectivity index (χ2v) is 3.58. The third-order valence-electron chi connectivity index (χ3n) is 2.40. The fraction of sp³-hybridized carbons (Fsp3) is 0.167. The van der Waals surface area contributed by atoms with Crippen molar-refractivity contribution in [3.8, 4) is 6.07 Å². The van der Waals surface area contributed by atoms with Crippen molar-refractivity contribution >= 4 is 11.5 Å². The molecule has 0 atom stereocenters. The molecule has 0 radical (unpaired) electrons. The van der Waals surface area contributed by atoms with Crippen molar-refractivity contribution < 1.29 is 0 Å². The molecule has 17 heavy (non-hydrogen) atoms. The van der Waals surface area contributed by atoms with Gasteiger partial charge in [-0.3, -0.25) is 4.98 Å². The van der Waals surface area contributed by atoms with E-state index >= 15 is 0 Å². The number of anilines is 2. The molecule has 0 aliphatic heterocycles. The predicted octanol–water partition coefficient (Wildman–Crippen LogP) is 2.10. The van der Waals surface area contributed by atoms with E-state index in [1.54, 1.807) is 12.4 Å². The SMILES string of the molecule is Cc1ccnc(C)c1Nc1nccnc1C#N. The Bertz CT molecular complexity index is 565. The van der Waals surface area contributed by atoms with E-state index in [0.717, 1.165) is 16.9 Å². The van der Waals surface area contributed by atoms with E-state index in [1.165, 1.54) is 6.20 Å². The summed E-state index contributed by atoms with van der Waals surface area (Å²) in [5.41, 5.74) is 3.05. The van der Waals surface area contributed by atoms with Crippen molar-refractivity contribution in [1.29, 1.82) is 5.26 Å². The Morgan fingerprint density at radius 1 is 1.12 bits per heavy atom. The summed E-state index contributed by atoms with van der Waals surface area (Å²) in [6.07, 6.45) is 4.79. The first-order chi connectivity index (χ1) is 8.22. The van der Waals surface area contributed by atoms with Crippen molar-refractivity contribution in [1.82, 2.24) is 15.0 Å². The number of nitrogens with zero attached hydrogens (tertiary/aromatic N) is 4. The molecule has 2 aromatic rings. The third-order valence-corrected chi connectivity index (χ3v) is 2.40. The van der Waals surface area contributed by atoms with Crippen LogP contribution in [0.1, 0.15) is 17.0 Å². The Morgan fingerprint density at radius 2 is 1.88 bits per heavy atom. The van der Waals surface area contributed by atoms with Crippen LogP contribution in [0.25, 0.3) is 0 Å². The maximum Gasteiger partial charge on any atom is 0.183 e. The Kier molecular flexibility index (Phi) is 2.97. The quantitative estimate of drug-likeness (QED) is 0.847. The van der Waals surface area contributed by atoms with Gasteiger partial charge < -0.3 is 5.32 Å². The summed E-state index contributed by atoms with van der Waals surface area (Å²) >= 11 is 0. The van der Waals surface area contributed by atoms with E-state index in [9.17, 15) is 0 Å². The van der Waals surface area contributed by atoms with E-state index in [-0.39, 0.29) is 5.69 Å². The summed E-state index contributed by atoms with van der Waals surface area (Å²) in [4.78, 5) is 12.2. The first-order valence-electron chi connectivity index (χ1n) is 5.12. The number of hydrogen-bond acceptors (Lipinski definition) is 5. The normalized spacial score (nSPS) is 9.71. The van der Waals surface area contributed by atoms with Gasteiger partial charge in [0.05, 0.1) is 11.4 Å². The van der Waals surface area contributed by atoms with Crippen molar-refractivity contribution in [3.05, 3.63) is 41.6 Å². The molecule has 5 nitrogen and oxygen atoms in total. The molecule has 2 heterocycles. The average Bonchev–Trinajstić information content (AvgIpc) is 2.34. The molecule has 1 N–H and O–H groups in total. The second-order valence-electron chi connectivity index (χ2n) is 3.58. The highest BCUT2D eigenvalue weighted by molar-refractivity contribution is 5.65. The molecule has 5 heteroatoms. The van der Waals surface area contributed by atoms with Gasteiger partial charge in [0, 0.05) is 18.6 Å². The van der Waals surface area contributed by atoms with Gasteiger partial charge in [0.15, 0.2) is 11.5 Å². The Labute approximate surface area is 99.2 Å². The van der Waals surface area contributed by atoms with Crippen LogP contribution < -0.4 is 5.32 Å². The lowest BCUT2D eigenvalue weighted by Gasteiger charge is -2.11. The molecule has 0 fully saturated rings. The summed E-state index contributed by atoms with van der Waals surface area (Å²) in [6.45, 7) is 3.87. The molecule has 0 aliphatic carbocycles. The first kappa shape index (κ1) is 11.0. The zero-order valence-corrected chi connectivity index (χ0v) is 9.60. The smallest absolute Gasteiger partial charge is 0.183 e. The maximum atomic E-state index is 8.93. The topological polar surface area (TPSA) is 74.5 Å². The summed E-state index contributed by atoms with van der Waals surface area (Å²) in [6, 6.07) is 3.90. The number of nitriles is 1. The highest BCUT2D eigenvalue weighted by Gasteiger charge is 2.08. The molecule has 0 saturated carbocycles. The molecule has 84 valence electrons. The number of nitrogens with one attached hydrogen (secondary N) is 1. The van der Waals surface area contributed by atoms with Gasteiger partial charge in [-0.1, -0.05) is 0 Å². The summed E-state index contributed by atoms with van der Waals surface area (Å²) < 4.78 is 0. The molecule has 0 amide bonds. The van der Waals surface area contributed by atoms with Gasteiger partial charge in [-0.15, -0.1) is 0 Å². The van der Waals surface area contributed by atoms with Gasteiger partial charge in [-0.25, -0.2) is 9.97 Å². The molecule has 0 aliphatic rings. The molecular formula is C12H11N5. The van der Waals surface area contributed by atoms with Crippen LogP contribution in [0, 0.1) is 25.2 Å². The molecular weight excluding hydrogens is 214 g/mol. The Morgan fingerprint density at radius 3 is 2.59 bits per heavy atom. The zero-order chi connectivity index (χ0) is 12.3. The number of aromatic nitrogens is 3. The minimum Gasteiger partial charge on any atom is -0.336 e. The van der Waals surface area contributed by atoms with Crippen LogP contribution in [-0.2, 0) is 0 Å². The molecule has 0 saturated heterocycles. The fourth-order valence-electron chi connectivity index (χ4n) is 1.51. The van der Waals surface area contributed by atoms with Gasteiger partial charge in [-0.05, 0) is 25.5 Å². The number of hydrogen-bond donors (Lipinski definition) is 1. The van der Waals surface area contributed by atoms with Crippen molar-refractivity contribution in [2.75, 3.05) is 5.32 Å². The van der Waals surface area contributed by atoms with Crippen LogP contribution in [-0.4, -0.2) is 15.0 Å². The number of rotatable bonds is 2.